The van der Waals surface area contributed by atoms with Crippen molar-refractivity contribution >= 4 is 27.4 Å². The fourth-order valence-corrected chi connectivity index (χ4v) is 3.33. The first-order chi connectivity index (χ1) is 10.3. The van der Waals surface area contributed by atoms with Crippen molar-refractivity contribution in [3.05, 3.63) is 64.8 Å². The summed E-state index contributed by atoms with van der Waals surface area (Å²) in [5.74, 6) is -0.870. The molecule has 2 aromatic heterocycles. The average Bonchev–Trinajstić information content (AvgIpc) is 2.88. The first-order valence-corrected chi connectivity index (χ1v) is 7.41. The molecule has 4 nitrogen and oxygen atoms in total. The number of aromatic nitrogens is 1. The molecule has 1 aromatic carbocycles. The Hall–Kier alpha value is -2.24. The summed E-state index contributed by atoms with van der Waals surface area (Å²) in [6.45, 7) is 1.13. The van der Waals surface area contributed by atoms with Crippen LogP contribution in [0.25, 0.3) is 10.1 Å². The van der Waals surface area contributed by atoms with Gasteiger partial charge in [0, 0.05) is 24.0 Å². The number of aromatic carboxylic acids is 1. The van der Waals surface area contributed by atoms with Crippen LogP contribution in [0.5, 0.6) is 0 Å². The summed E-state index contributed by atoms with van der Waals surface area (Å²) in [5.41, 5.74) is 1.79. The van der Waals surface area contributed by atoms with Crippen molar-refractivity contribution in [2.75, 3.05) is 0 Å². The highest BCUT2D eigenvalue weighted by molar-refractivity contribution is 7.21. The molecule has 0 spiro atoms. The highest BCUT2D eigenvalue weighted by Gasteiger charge is 2.16. The number of hydrogen-bond acceptors (Lipinski definition) is 4. The normalized spacial score (nSPS) is 10.9. The largest absolute Gasteiger partial charge is 0.477 e. The molecule has 0 bridgehead atoms. The van der Waals surface area contributed by atoms with Crippen molar-refractivity contribution in [1.29, 1.82) is 0 Å². The van der Waals surface area contributed by atoms with Crippen LogP contribution in [-0.4, -0.2) is 16.1 Å². The lowest BCUT2D eigenvalue weighted by atomic mass is 10.1. The molecular weight excluding hydrogens is 284 g/mol. The monoisotopic (exact) mass is 298 g/mol. The van der Waals surface area contributed by atoms with Gasteiger partial charge in [0.2, 0.25) is 0 Å². The Morgan fingerprint density at radius 3 is 2.71 bits per heavy atom. The first kappa shape index (κ1) is 13.7. The smallest absolute Gasteiger partial charge is 0.346 e. The number of pyridine rings is 1. The molecule has 0 amide bonds. The third-order valence-corrected chi connectivity index (χ3v) is 4.43. The van der Waals surface area contributed by atoms with Gasteiger partial charge in [0.05, 0.1) is 5.69 Å². The van der Waals surface area contributed by atoms with E-state index in [0.29, 0.717) is 18.0 Å². The van der Waals surface area contributed by atoms with E-state index in [1.807, 2.05) is 42.5 Å². The minimum Gasteiger partial charge on any atom is -0.477 e. The minimum absolute atomic E-state index is 0.407. The highest BCUT2D eigenvalue weighted by atomic mass is 32.1. The molecule has 0 aliphatic heterocycles. The Morgan fingerprint density at radius 2 is 1.95 bits per heavy atom. The Labute approximate surface area is 126 Å². The van der Waals surface area contributed by atoms with Crippen molar-refractivity contribution in [2.24, 2.45) is 0 Å². The van der Waals surface area contributed by atoms with E-state index in [0.717, 1.165) is 21.3 Å². The van der Waals surface area contributed by atoms with Crippen LogP contribution >= 0.6 is 11.3 Å². The number of carboxylic acids is 1. The summed E-state index contributed by atoms with van der Waals surface area (Å²) < 4.78 is 1.00. The van der Waals surface area contributed by atoms with Crippen molar-refractivity contribution in [2.45, 2.75) is 13.1 Å². The van der Waals surface area contributed by atoms with Crippen LogP contribution < -0.4 is 5.32 Å². The molecule has 0 aliphatic rings. The lowest BCUT2D eigenvalue weighted by molar-refractivity contribution is 0.0701. The lowest BCUT2D eigenvalue weighted by Crippen LogP contribution is -2.15. The first-order valence-electron chi connectivity index (χ1n) is 6.60. The fraction of sp³-hybridized carbons (Fsp3) is 0.125. The molecular formula is C16H14N2O2S. The number of thiophene rings is 1. The van der Waals surface area contributed by atoms with E-state index in [4.69, 9.17) is 0 Å². The third kappa shape index (κ3) is 2.94. The lowest BCUT2D eigenvalue weighted by Gasteiger charge is -2.05. The molecule has 0 radical (unpaired) electrons. The van der Waals surface area contributed by atoms with E-state index in [-0.39, 0.29) is 0 Å². The zero-order valence-electron chi connectivity index (χ0n) is 11.2. The number of benzene rings is 1. The number of hydrogen-bond donors (Lipinski definition) is 2. The molecule has 0 fully saturated rings. The van der Waals surface area contributed by atoms with Crippen molar-refractivity contribution in [3.8, 4) is 0 Å². The van der Waals surface area contributed by atoms with E-state index in [9.17, 15) is 9.90 Å². The molecule has 0 saturated carbocycles. The van der Waals surface area contributed by atoms with Gasteiger partial charge in [-0.25, -0.2) is 4.79 Å². The molecule has 5 heteroatoms. The Balaban J connectivity index is 1.82. The van der Waals surface area contributed by atoms with Gasteiger partial charge in [-0.3, -0.25) is 4.98 Å². The zero-order valence-corrected chi connectivity index (χ0v) is 12.1. The standard InChI is InChI=1S/C16H14N2O2S/c19-16(20)15-13(12-6-1-2-7-14(12)21-15)10-17-9-11-5-3-4-8-18-11/h1-8,17H,9-10H2,(H,19,20). The Kier molecular flexibility index (Phi) is 3.94. The predicted octanol–water partition coefficient (Wildman–Crippen LogP) is 3.28. The number of rotatable bonds is 5. The Morgan fingerprint density at radius 1 is 1.14 bits per heavy atom. The molecule has 2 N–H and O–H groups in total. The van der Waals surface area contributed by atoms with E-state index in [2.05, 4.69) is 10.3 Å². The van der Waals surface area contributed by atoms with Crippen LogP contribution in [0.1, 0.15) is 20.9 Å². The fourth-order valence-electron chi connectivity index (χ4n) is 2.27. The molecule has 21 heavy (non-hydrogen) atoms. The predicted molar refractivity (Wildman–Crippen MR) is 83.6 cm³/mol. The van der Waals surface area contributed by atoms with E-state index < -0.39 is 5.97 Å². The second kappa shape index (κ2) is 6.03. The SMILES string of the molecule is O=C(O)c1sc2ccccc2c1CNCc1ccccn1. The third-order valence-electron chi connectivity index (χ3n) is 3.23. The summed E-state index contributed by atoms with van der Waals surface area (Å²) in [6, 6.07) is 13.5. The summed E-state index contributed by atoms with van der Waals surface area (Å²) in [6.07, 6.45) is 1.75. The Bertz CT molecular complexity index is 768. The van der Waals surface area contributed by atoms with Gasteiger partial charge >= 0.3 is 5.97 Å². The van der Waals surface area contributed by atoms with Crippen LogP contribution in [0.4, 0.5) is 0 Å². The van der Waals surface area contributed by atoms with Gasteiger partial charge in [0.15, 0.2) is 0 Å². The van der Waals surface area contributed by atoms with Gasteiger partial charge in [-0.2, -0.15) is 0 Å². The maximum Gasteiger partial charge on any atom is 0.346 e. The summed E-state index contributed by atoms with van der Waals surface area (Å²) in [4.78, 5) is 16.0. The maximum atomic E-state index is 11.4. The number of carbonyl (C=O) groups is 1. The summed E-state index contributed by atoms with van der Waals surface area (Å²) in [7, 11) is 0. The number of nitrogens with zero attached hydrogens (tertiary/aromatic N) is 1. The van der Waals surface area contributed by atoms with Gasteiger partial charge in [-0.1, -0.05) is 24.3 Å². The molecule has 3 aromatic rings. The van der Waals surface area contributed by atoms with Gasteiger partial charge in [0.25, 0.3) is 0 Å². The van der Waals surface area contributed by atoms with Crippen LogP contribution in [0.2, 0.25) is 0 Å². The van der Waals surface area contributed by atoms with Crippen LogP contribution in [0.3, 0.4) is 0 Å². The van der Waals surface area contributed by atoms with Gasteiger partial charge < -0.3 is 10.4 Å². The summed E-state index contributed by atoms with van der Waals surface area (Å²) in [5, 5.41) is 13.6. The molecule has 0 unspecified atom stereocenters. The van der Waals surface area contributed by atoms with E-state index >= 15 is 0 Å². The molecule has 0 saturated heterocycles. The number of nitrogens with one attached hydrogen (secondary N) is 1. The second-order valence-electron chi connectivity index (χ2n) is 4.64. The van der Waals surface area contributed by atoms with Gasteiger partial charge in [-0.15, -0.1) is 11.3 Å². The van der Waals surface area contributed by atoms with Crippen LogP contribution in [0, 0.1) is 0 Å². The topological polar surface area (TPSA) is 62.2 Å². The van der Waals surface area contributed by atoms with E-state index in [1.54, 1.807) is 6.20 Å². The zero-order chi connectivity index (χ0) is 14.7. The minimum atomic E-state index is -0.870. The second-order valence-corrected chi connectivity index (χ2v) is 5.69. The van der Waals surface area contributed by atoms with E-state index in [1.165, 1.54) is 11.3 Å². The molecule has 0 aliphatic carbocycles. The van der Waals surface area contributed by atoms with Crippen molar-refractivity contribution in [1.82, 2.24) is 10.3 Å². The molecule has 3 rings (SSSR count). The van der Waals surface area contributed by atoms with Crippen LogP contribution in [-0.2, 0) is 13.1 Å². The highest BCUT2D eigenvalue weighted by Crippen LogP contribution is 2.31. The van der Waals surface area contributed by atoms with Crippen LogP contribution in [0.15, 0.2) is 48.7 Å². The molecule has 0 atom stereocenters. The summed E-state index contributed by atoms with van der Waals surface area (Å²) >= 11 is 1.32. The number of carboxylic acid groups (broad SMARTS) is 1. The quantitative estimate of drug-likeness (QED) is 0.759. The molecule has 2 heterocycles. The van der Waals surface area contributed by atoms with Gasteiger partial charge in [-0.05, 0) is 29.1 Å². The average molecular weight is 298 g/mol. The van der Waals surface area contributed by atoms with Crippen molar-refractivity contribution < 1.29 is 9.90 Å². The van der Waals surface area contributed by atoms with Crippen molar-refractivity contribution in [3.63, 3.8) is 0 Å². The molecule has 106 valence electrons. The maximum absolute atomic E-state index is 11.4. The number of fused-ring (bicyclic) bond motifs is 1. The van der Waals surface area contributed by atoms with Gasteiger partial charge in [0.1, 0.15) is 4.88 Å².